The Bertz CT molecular complexity index is 652. The van der Waals surface area contributed by atoms with Crippen LogP contribution in [-0.2, 0) is 4.74 Å². The van der Waals surface area contributed by atoms with Gasteiger partial charge in [-0.25, -0.2) is 4.79 Å². The molecule has 0 aliphatic rings. The highest BCUT2D eigenvalue weighted by Crippen LogP contribution is 2.16. The number of amides is 1. The molecule has 0 atom stereocenters. The quantitative estimate of drug-likeness (QED) is 0.865. The molecule has 21 heavy (non-hydrogen) atoms. The fourth-order valence-electron chi connectivity index (χ4n) is 1.53. The number of carbonyl (C=O) groups excluding carboxylic acids is 2. The summed E-state index contributed by atoms with van der Waals surface area (Å²) < 4.78 is 8.31. The van der Waals surface area contributed by atoms with Crippen molar-refractivity contribution >= 4 is 34.2 Å². The molecule has 110 valence electrons. The molecular formula is C13H14N4O3S. The van der Waals surface area contributed by atoms with Crippen LogP contribution in [0.4, 0.5) is 10.8 Å². The Balaban J connectivity index is 2.07. The van der Waals surface area contributed by atoms with Crippen LogP contribution in [0.15, 0.2) is 24.3 Å². The maximum atomic E-state index is 12.0. The SMILES string of the molecule is COC(=O)c1nsc(NC(=O)c2ccc(N(C)C)cc2)n1. The van der Waals surface area contributed by atoms with Crippen LogP contribution in [0.1, 0.15) is 21.0 Å². The van der Waals surface area contributed by atoms with Gasteiger partial charge in [0.2, 0.25) is 5.13 Å². The molecule has 0 spiro atoms. The maximum absolute atomic E-state index is 12.0. The van der Waals surface area contributed by atoms with E-state index in [-0.39, 0.29) is 16.9 Å². The minimum absolute atomic E-state index is 0.0687. The summed E-state index contributed by atoms with van der Waals surface area (Å²) in [6, 6.07) is 7.11. The van der Waals surface area contributed by atoms with Gasteiger partial charge in [-0.15, -0.1) is 0 Å². The van der Waals surface area contributed by atoms with Crippen molar-refractivity contribution < 1.29 is 14.3 Å². The first-order valence-electron chi connectivity index (χ1n) is 6.02. The number of aromatic nitrogens is 2. The van der Waals surface area contributed by atoms with E-state index in [1.807, 2.05) is 31.1 Å². The van der Waals surface area contributed by atoms with Crippen molar-refractivity contribution in [2.75, 3.05) is 31.4 Å². The number of hydrogen-bond donors (Lipinski definition) is 1. The molecule has 1 N–H and O–H groups in total. The van der Waals surface area contributed by atoms with Crippen molar-refractivity contribution in [1.82, 2.24) is 9.36 Å². The highest BCUT2D eigenvalue weighted by Gasteiger charge is 2.15. The van der Waals surface area contributed by atoms with Crippen LogP contribution in [0, 0.1) is 0 Å². The predicted molar refractivity (Wildman–Crippen MR) is 80.0 cm³/mol. The molecule has 2 rings (SSSR count). The molecule has 1 aromatic carbocycles. The number of anilines is 2. The number of esters is 1. The van der Waals surface area contributed by atoms with E-state index in [1.165, 1.54) is 7.11 Å². The van der Waals surface area contributed by atoms with Gasteiger partial charge in [0.05, 0.1) is 7.11 Å². The normalized spacial score (nSPS) is 10.0. The molecule has 0 saturated carbocycles. The van der Waals surface area contributed by atoms with Gasteiger partial charge in [-0.3, -0.25) is 10.1 Å². The molecule has 0 bridgehead atoms. The summed E-state index contributed by atoms with van der Waals surface area (Å²) in [5.74, 6) is -1.02. The molecule has 0 fully saturated rings. The fraction of sp³-hybridized carbons (Fsp3) is 0.231. The lowest BCUT2D eigenvalue weighted by Gasteiger charge is -2.12. The number of ether oxygens (including phenoxy) is 1. The molecular weight excluding hydrogens is 292 g/mol. The Labute approximate surface area is 125 Å². The van der Waals surface area contributed by atoms with Crippen LogP contribution in [-0.4, -0.2) is 42.4 Å². The molecule has 1 amide bonds. The second-order valence-corrected chi connectivity index (χ2v) is 5.06. The average molecular weight is 306 g/mol. The van der Waals surface area contributed by atoms with Crippen LogP contribution >= 0.6 is 11.5 Å². The number of hydrogen-bond acceptors (Lipinski definition) is 7. The zero-order valence-corrected chi connectivity index (χ0v) is 12.6. The lowest BCUT2D eigenvalue weighted by molar-refractivity contribution is 0.0588. The summed E-state index contributed by atoms with van der Waals surface area (Å²) in [5, 5.41) is 2.84. The Kier molecular flexibility index (Phi) is 4.49. The summed E-state index contributed by atoms with van der Waals surface area (Å²) in [6.07, 6.45) is 0. The third-order valence-corrected chi connectivity index (χ3v) is 3.29. The standard InChI is InChI=1S/C13H14N4O3S/c1-17(2)9-6-4-8(5-7-9)11(18)15-13-14-10(16-21-13)12(19)20-3/h4-7H,1-3H3,(H,14,15,16,18). The van der Waals surface area contributed by atoms with Gasteiger partial charge in [0.15, 0.2) is 0 Å². The molecule has 7 nitrogen and oxygen atoms in total. The van der Waals surface area contributed by atoms with Gasteiger partial charge < -0.3 is 9.64 Å². The Morgan fingerprint density at radius 2 is 1.90 bits per heavy atom. The first-order valence-corrected chi connectivity index (χ1v) is 6.79. The number of methoxy groups -OCH3 is 1. The highest BCUT2D eigenvalue weighted by atomic mass is 32.1. The van der Waals surface area contributed by atoms with Crippen molar-refractivity contribution in [2.45, 2.75) is 0 Å². The lowest BCUT2D eigenvalue weighted by Crippen LogP contribution is -2.13. The monoisotopic (exact) mass is 306 g/mol. The van der Waals surface area contributed by atoms with Crippen LogP contribution in [0.2, 0.25) is 0 Å². The van der Waals surface area contributed by atoms with Crippen LogP contribution < -0.4 is 10.2 Å². The van der Waals surface area contributed by atoms with Gasteiger partial charge in [0.25, 0.3) is 11.7 Å². The topological polar surface area (TPSA) is 84.4 Å². The number of nitrogens with zero attached hydrogens (tertiary/aromatic N) is 3. The summed E-state index contributed by atoms with van der Waals surface area (Å²) in [7, 11) is 5.09. The summed E-state index contributed by atoms with van der Waals surface area (Å²) in [6.45, 7) is 0. The average Bonchev–Trinajstić information content (AvgIpc) is 2.95. The van der Waals surface area contributed by atoms with Gasteiger partial charge in [-0.05, 0) is 24.3 Å². The van der Waals surface area contributed by atoms with Crippen molar-refractivity contribution in [3.8, 4) is 0 Å². The molecule has 1 heterocycles. The molecule has 1 aromatic heterocycles. The lowest BCUT2D eigenvalue weighted by atomic mass is 10.2. The third-order valence-electron chi connectivity index (χ3n) is 2.66. The van der Waals surface area contributed by atoms with Gasteiger partial charge in [0.1, 0.15) is 0 Å². The summed E-state index contributed by atoms with van der Waals surface area (Å²) in [5.41, 5.74) is 1.49. The minimum Gasteiger partial charge on any atom is -0.463 e. The van der Waals surface area contributed by atoms with Gasteiger partial charge >= 0.3 is 5.97 Å². The second kappa shape index (κ2) is 6.31. The number of benzene rings is 1. The number of carbonyl (C=O) groups is 2. The van der Waals surface area contributed by atoms with Crippen LogP contribution in [0.3, 0.4) is 0 Å². The van der Waals surface area contributed by atoms with Crippen molar-refractivity contribution in [2.24, 2.45) is 0 Å². The van der Waals surface area contributed by atoms with Crippen molar-refractivity contribution in [1.29, 1.82) is 0 Å². The molecule has 0 saturated heterocycles. The van der Waals surface area contributed by atoms with Crippen LogP contribution in [0.5, 0.6) is 0 Å². The molecule has 0 unspecified atom stereocenters. The van der Waals surface area contributed by atoms with Gasteiger partial charge in [-0.2, -0.15) is 9.36 Å². The molecule has 0 radical (unpaired) electrons. The Hall–Kier alpha value is -2.48. The zero-order valence-electron chi connectivity index (χ0n) is 11.8. The van der Waals surface area contributed by atoms with Gasteiger partial charge in [-0.1, -0.05) is 0 Å². The fourth-order valence-corrected chi connectivity index (χ4v) is 2.08. The van der Waals surface area contributed by atoms with E-state index in [0.717, 1.165) is 17.2 Å². The van der Waals surface area contributed by atoms with Crippen LogP contribution in [0.25, 0.3) is 0 Å². The zero-order chi connectivity index (χ0) is 15.4. The van der Waals surface area contributed by atoms with E-state index in [0.29, 0.717) is 5.56 Å². The number of rotatable bonds is 4. The van der Waals surface area contributed by atoms with E-state index in [4.69, 9.17) is 0 Å². The number of nitrogens with one attached hydrogen (secondary N) is 1. The predicted octanol–water partition coefficient (Wildman–Crippen LogP) is 1.64. The first kappa shape index (κ1) is 14.9. The van der Waals surface area contributed by atoms with E-state index in [1.54, 1.807) is 12.1 Å². The highest BCUT2D eigenvalue weighted by molar-refractivity contribution is 7.10. The van der Waals surface area contributed by atoms with Crippen molar-refractivity contribution in [3.63, 3.8) is 0 Å². The van der Waals surface area contributed by atoms with Crippen molar-refractivity contribution in [3.05, 3.63) is 35.7 Å². The minimum atomic E-state index is -0.637. The van der Waals surface area contributed by atoms with E-state index in [2.05, 4.69) is 19.4 Å². The summed E-state index contributed by atoms with van der Waals surface area (Å²) in [4.78, 5) is 29.1. The van der Waals surface area contributed by atoms with E-state index < -0.39 is 5.97 Å². The van der Waals surface area contributed by atoms with E-state index >= 15 is 0 Å². The molecule has 2 aromatic rings. The molecule has 0 aliphatic heterocycles. The van der Waals surface area contributed by atoms with E-state index in [9.17, 15) is 9.59 Å². The Morgan fingerprint density at radius 1 is 1.24 bits per heavy atom. The largest absolute Gasteiger partial charge is 0.463 e. The molecule has 0 aliphatic carbocycles. The molecule has 8 heteroatoms. The third kappa shape index (κ3) is 3.54. The smallest absolute Gasteiger partial charge is 0.377 e. The maximum Gasteiger partial charge on any atom is 0.377 e. The van der Waals surface area contributed by atoms with Gasteiger partial charge in [0, 0.05) is 36.9 Å². The summed E-state index contributed by atoms with van der Waals surface area (Å²) >= 11 is 0.922. The first-order chi connectivity index (χ1) is 10.0. The second-order valence-electron chi connectivity index (χ2n) is 4.31. The Morgan fingerprint density at radius 3 is 2.48 bits per heavy atom.